The number of amides is 1. The molecule has 1 amide bonds. The van der Waals surface area contributed by atoms with E-state index in [1.807, 2.05) is 12.1 Å². The molecule has 0 fully saturated rings. The molecule has 0 atom stereocenters. The van der Waals surface area contributed by atoms with E-state index in [0.29, 0.717) is 6.54 Å². The molecule has 1 aromatic carbocycles. The Labute approximate surface area is 90.3 Å². The zero-order valence-corrected chi connectivity index (χ0v) is 8.76. The van der Waals surface area contributed by atoms with Gasteiger partial charge in [0.15, 0.2) is 5.91 Å². The van der Waals surface area contributed by atoms with E-state index in [2.05, 4.69) is 11.4 Å². The van der Waals surface area contributed by atoms with Crippen molar-refractivity contribution in [3.05, 3.63) is 35.4 Å². The van der Waals surface area contributed by atoms with Crippen LogP contribution in [0.5, 0.6) is 0 Å². The first-order valence-electron chi connectivity index (χ1n) is 3.15. The van der Waals surface area contributed by atoms with Crippen molar-refractivity contribution >= 4 is 5.91 Å². The van der Waals surface area contributed by atoms with Crippen LogP contribution in [0, 0.1) is 6.07 Å². The third kappa shape index (κ3) is 1.52. The number of hydrogen-bond acceptors (Lipinski definition) is 1. The molecule has 3 heteroatoms. The molecule has 1 aliphatic rings. The number of rotatable bonds is 0. The fraction of sp³-hybridized carbons (Fsp3) is 0.125. The summed E-state index contributed by atoms with van der Waals surface area (Å²) in [4.78, 5) is 10.9. The Morgan fingerprint density at radius 2 is 2.36 bits per heavy atom. The van der Waals surface area contributed by atoms with Gasteiger partial charge in [0, 0.05) is 39.3 Å². The summed E-state index contributed by atoms with van der Waals surface area (Å²) in [7, 11) is 0. The van der Waals surface area contributed by atoms with Gasteiger partial charge in [0.25, 0.3) is 0 Å². The molecule has 0 bridgehead atoms. The van der Waals surface area contributed by atoms with Crippen LogP contribution in [-0.4, -0.2) is 5.91 Å². The van der Waals surface area contributed by atoms with Crippen LogP contribution in [-0.2, 0) is 39.3 Å². The zero-order valence-electron chi connectivity index (χ0n) is 5.92. The largest absolute Gasteiger partial charge is 0.360 e. The number of nitrogens with one attached hydrogen (secondary N) is 1. The number of carbonyl (C=O) groups excluding carboxylic acids is 1. The number of hydrogen-bond donors (Lipinski definition) is 1. The Hall–Kier alpha value is -0.206. The smallest absolute Gasteiger partial charge is 0.195 e. The third-order valence-corrected chi connectivity index (χ3v) is 1.64. The summed E-state index contributed by atoms with van der Waals surface area (Å²) >= 11 is 0. The topological polar surface area (TPSA) is 29.1 Å². The monoisotopic (exact) mass is 221 g/mol. The van der Waals surface area contributed by atoms with Crippen LogP contribution in [0.3, 0.4) is 0 Å². The van der Waals surface area contributed by atoms with Crippen molar-refractivity contribution in [2.75, 3.05) is 0 Å². The predicted octanol–water partition coefficient (Wildman–Crippen LogP) is 0.728. The van der Waals surface area contributed by atoms with Gasteiger partial charge >= 0.3 is 0 Å². The molecule has 0 aliphatic carbocycles. The van der Waals surface area contributed by atoms with Crippen molar-refractivity contribution in [2.45, 2.75) is 6.54 Å². The molecule has 0 saturated carbocycles. The minimum absolute atomic E-state index is 0. The molecule has 0 unspecified atom stereocenters. The maximum atomic E-state index is 10.9. The van der Waals surface area contributed by atoms with Crippen molar-refractivity contribution < 1.29 is 37.5 Å². The molecule has 53 valence electrons. The number of fused-ring (bicyclic) bond motifs is 1. The maximum absolute atomic E-state index is 10.9. The van der Waals surface area contributed by atoms with E-state index in [-0.39, 0.29) is 38.6 Å². The molecule has 0 saturated heterocycles. The molecule has 11 heavy (non-hydrogen) atoms. The fourth-order valence-electron chi connectivity index (χ4n) is 1.10. The fourth-order valence-corrected chi connectivity index (χ4v) is 1.10. The summed E-state index contributed by atoms with van der Waals surface area (Å²) in [6.45, 7) is 0.669. The molecule has 0 aromatic heterocycles. The Morgan fingerprint density at radius 1 is 1.55 bits per heavy atom. The van der Waals surface area contributed by atoms with Crippen molar-refractivity contribution in [2.24, 2.45) is 0 Å². The Bertz CT molecular complexity index is 285. The van der Waals surface area contributed by atoms with E-state index in [1.165, 1.54) is 0 Å². The first kappa shape index (κ1) is 8.89. The Kier molecular flexibility index (Phi) is 2.80. The first-order chi connectivity index (χ1) is 4.88. The normalized spacial score (nSPS) is 13.3. The van der Waals surface area contributed by atoms with Gasteiger partial charge in [-0.05, 0) is 0 Å². The molecule has 1 N–H and O–H groups in total. The summed E-state index contributed by atoms with van der Waals surface area (Å²) in [5, 5.41) is 2.73. The van der Waals surface area contributed by atoms with E-state index in [1.54, 1.807) is 6.07 Å². The van der Waals surface area contributed by atoms with Gasteiger partial charge in [-0.2, -0.15) is 24.3 Å². The molecule has 0 spiro atoms. The van der Waals surface area contributed by atoms with Crippen LogP contribution < -0.4 is 5.32 Å². The van der Waals surface area contributed by atoms with Gasteiger partial charge in [-0.3, -0.25) is 4.79 Å². The quantitative estimate of drug-likeness (QED) is 0.643. The Balaban J connectivity index is 0.000000605. The van der Waals surface area contributed by atoms with E-state index in [9.17, 15) is 4.79 Å². The van der Waals surface area contributed by atoms with E-state index < -0.39 is 0 Å². The summed E-state index contributed by atoms with van der Waals surface area (Å²) in [6.07, 6.45) is 0. The second-order valence-corrected chi connectivity index (χ2v) is 2.27. The minimum Gasteiger partial charge on any atom is -0.360 e. The molecule has 1 aromatic rings. The molecular formula is C8H6NOY-. The van der Waals surface area contributed by atoms with Crippen LogP contribution in [0.4, 0.5) is 0 Å². The number of carbonyl (C=O) groups is 1. The second kappa shape index (κ2) is 3.46. The first-order valence-corrected chi connectivity index (χ1v) is 3.15. The van der Waals surface area contributed by atoms with Gasteiger partial charge in [0.2, 0.25) is 0 Å². The molecular weight excluding hydrogens is 215 g/mol. The van der Waals surface area contributed by atoms with Gasteiger partial charge in [-0.15, -0.1) is 5.56 Å². The van der Waals surface area contributed by atoms with Gasteiger partial charge in [0.05, 0.1) is 0 Å². The van der Waals surface area contributed by atoms with Crippen LogP contribution in [0.25, 0.3) is 0 Å². The van der Waals surface area contributed by atoms with Crippen LogP contribution in [0.1, 0.15) is 15.9 Å². The van der Waals surface area contributed by atoms with Crippen LogP contribution in [0.2, 0.25) is 0 Å². The average Bonchev–Trinajstić information content (AvgIpc) is 2.34. The van der Waals surface area contributed by atoms with Crippen LogP contribution in [0.15, 0.2) is 18.2 Å². The summed E-state index contributed by atoms with van der Waals surface area (Å²) in [6, 6.07) is 8.31. The number of benzene rings is 1. The summed E-state index contributed by atoms with van der Waals surface area (Å²) in [5.41, 5.74) is 1.84. The van der Waals surface area contributed by atoms with E-state index >= 15 is 0 Å². The van der Waals surface area contributed by atoms with Gasteiger partial charge in [-0.1, -0.05) is 5.56 Å². The third-order valence-electron chi connectivity index (χ3n) is 1.64. The van der Waals surface area contributed by atoms with E-state index in [0.717, 1.165) is 11.1 Å². The summed E-state index contributed by atoms with van der Waals surface area (Å²) < 4.78 is 0. The zero-order chi connectivity index (χ0) is 6.97. The molecule has 2 nitrogen and oxygen atoms in total. The van der Waals surface area contributed by atoms with Crippen molar-refractivity contribution in [3.63, 3.8) is 0 Å². The predicted molar refractivity (Wildman–Crippen MR) is 36.4 cm³/mol. The molecule has 1 heterocycles. The molecule has 1 radical (unpaired) electrons. The van der Waals surface area contributed by atoms with Crippen molar-refractivity contribution in [3.8, 4) is 0 Å². The SMILES string of the molecule is O=C1NCc2cc[c-]cc21.[Y]. The van der Waals surface area contributed by atoms with Crippen molar-refractivity contribution in [1.29, 1.82) is 0 Å². The minimum atomic E-state index is 0. The Morgan fingerprint density at radius 3 is 3.09 bits per heavy atom. The maximum Gasteiger partial charge on any atom is 0.195 e. The van der Waals surface area contributed by atoms with Crippen LogP contribution >= 0.6 is 0 Å². The van der Waals surface area contributed by atoms with Gasteiger partial charge in [-0.25, -0.2) is 0 Å². The van der Waals surface area contributed by atoms with Gasteiger partial charge in [0.1, 0.15) is 0 Å². The standard InChI is InChI=1S/C8H6NO.Y/c10-8-7-4-2-1-3-6(7)5-9-8;/h1,3-4H,5H2,(H,9,10);/q-1;. The molecule has 2 rings (SSSR count). The molecule has 1 aliphatic heterocycles. The van der Waals surface area contributed by atoms with Gasteiger partial charge < -0.3 is 5.32 Å². The van der Waals surface area contributed by atoms with Crippen molar-refractivity contribution in [1.82, 2.24) is 5.32 Å². The van der Waals surface area contributed by atoms with E-state index in [4.69, 9.17) is 0 Å². The average molecular weight is 221 g/mol. The second-order valence-electron chi connectivity index (χ2n) is 2.27. The summed E-state index contributed by atoms with van der Waals surface area (Å²) in [5.74, 6) is 0.0202.